The summed E-state index contributed by atoms with van der Waals surface area (Å²) in [6, 6.07) is 5.34. The molecule has 6 nitrogen and oxygen atoms in total. The molecule has 0 bridgehead atoms. The summed E-state index contributed by atoms with van der Waals surface area (Å²) in [5.74, 6) is 0.913. The standard InChI is InChI=1S/C11H9ClN6/c12-6-3-1-2-5(7(6)13)10-17-8-9(14)15-4-16-11(8)18-10/h1-4H,13H2,(H3,14,15,16,17,18). The van der Waals surface area contributed by atoms with Gasteiger partial charge < -0.3 is 16.5 Å². The van der Waals surface area contributed by atoms with Crippen LogP contribution in [0.15, 0.2) is 24.5 Å². The number of hydrogen-bond donors (Lipinski definition) is 3. The molecule has 0 amide bonds. The molecule has 0 saturated carbocycles. The number of H-pyrrole nitrogens is 1. The number of benzene rings is 1. The van der Waals surface area contributed by atoms with Crippen LogP contribution in [0.4, 0.5) is 11.5 Å². The van der Waals surface area contributed by atoms with Crippen molar-refractivity contribution in [1.82, 2.24) is 19.9 Å². The van der Waals surface area contributed by atoms with E-state index in [9.17, 15) is 0 Å². The maximum absolute atomic E-state index is 5.97. The van der Waals surface area contributed by atoms with E-state index >= 15 is 0 Å². The second kappa shape index (κ2) is 3.85. The normalized spacial score (nSPS) is 10.9. The van der Waals surface area contributed by atoms with E-state index in [1.54, 1.807) is 12.1 Å². The fraction of sp³-hybridized carbons (Fsp3) is 0. The largest absolute Gasteiger partial charge is 0.397 e. The predicted molar refractivity (Wildman–Crippen MR) is 71.0 cm³/mol. The fourth-order valence-corrected chi connectivity index (χ4v) is 1.89. The highest BCUT2D eigenvalue weighted by atomic mass is 35.5. The second-order valence-corrected chi connectivity index (χ2v) is 4.15. The Morgan fingerprint density at radius 3 is 2.78 bits per heavy atom. The Labute approximate surface area is 107 Å². The highest BCUT2D eigenvalue weighted by Gasteiger charge is 2.12. The molecular formula is C11H9ClN6. The van der Waals surface area contributed by atoms with Gasteiger partial charge in [-0.05, 0) is 12.1 Å². The molecule has 0 unspecified atom stereocenters. The molecule has 1 aromatic carbocycles. The molecule has 0 aliphatic rings. The van der Waals surface area contributed by atoms with Gasteiger partial charge in [-0.15, -0.1) is 0 Å². The molecular weight excluding hydrogens is 252 g/mol. The number of imidazole rings is 1. The number of anilines is 2. The Hall–Kier alpha value is -2.34. The fourth-order valence-electron chi connectivity index (χ4n) is 1.72. The molecule has 2 aromatic heterocycles. The van der Waals surface area contributed by atoms with Crippen molar-refractivity contribution in [3.05, 3.63) is 29.5 Å². The summed E-state index contributed by atoms with van der Waals surface area (Å²) >= 11 is 5.97. The lowest BCUT2D eigenvalue weighted by Gasteiger charge is -2.03. The lowest BCUT2D eigenvalue weighted by Crippen LogP contribution is -1.92. The maximum Gasteiger partial charge on any atom is 0.183 e. The summed E-state index contributed by atoms with van der Waals surface area (Å²) in [6.45, 7) is 0. The van der Waals surface area contributed by atoms with Gasteiger partial charge in [0.1, 0.15) is 17.7 Å². The van der Waals surface area contributed by atoms with E-state index in [0.29, 0.717) is 39.1 Å². The number of para-hydroxylation sites is 1. The summed E-state index contributed by atoms with van der Waals surface area (Å²) in [5.41, 5.74) is 13.9. The van der Waals surface area contributed by atoms with Gasteiger partial charge in [-0.25, -0.2) is 15.0 Å². The average molecular weight is 261 g/mol. The van der Waals surface area contributed by atoms with Crippen LogP contribution < -0.4 is 11.5 Å². The van der Waals surface area contributed by atoms with E-state index in [-0.39, 0.29) is 0 Å². The number of nitrogens with zero attached hydrogens (tertiary/aromatic N) is 3. The van der Waals surface area contributed by atoms with E-state index in [1.807, 2.05) is 6.07 Å². The lowest BCUT2D eigenvalue weighted by atomic mass is 10.2. The zero-order valence-electron chi connectivity index (χ0n) is 9.18. The first-order chi connectivity index (χ1) is 8.66. The van der Waals surface area contributed by atoms with Crippen molar-refractivity contribution < 1.29 is 0 Å². The molecule has 0 radical (unpaired) electrons. The quantitative estimate of drug-likeness (QED) is 0.579. The molecule has 2 heterocycles. The van der Waals surface area contributed by atoms with Crippen molar-refractivity contribution in [3.8, 4) is 11.4 Å². The van der Waals surface area contributed by atoms with Crippen LogP contribution in [0.2, 0.25) is 5.02 Å². The summed E-state index contributed by atoms with van der Waals surface area (Å²) in [7, 11) is 0. The Morgan fingerprint density at radius 1 is 1.17 bits per heavy atom. The predicted octanol–water partition coefficient (Wildman–Crippen LogP) is 1.84. The van der Waals surface area contributed by atoms with Gasteiger partial charge >= 0.3 is 0 Å². The number of fused-ring (bicyclic) bond motifs is 1. The zero-order valence-corrected chi connectivity index (χ0v) is 9.94. The van der Waals surface area contributed by atoms with Crippen LogP contribution in [0, 0.1) is 0 Å². The third kappa shape index (κ3) is 1.54. The number of hydrogen-bond acceptors (Lipinski definition) is 5. The molecule has 7 heteroatoms. The Bertz CT molecular complexity index is 735. The molecule has 90 valence electrons. The number of aromatic nitrogens is 4. The van der Waals surface area contributed by atoms with Crippen LogP contribution >= 0.6 is 11.6 Å². The van der Waals surface area contributed by atoms with Gasteiger partial charge in [0.15, 0.2) is 11.5 Å². The van der Waals surface area contributed by atoms with Crippen LogP contribution in [0.1, 0.15) is 0 Å². The van der Waals surface area contributed by atoms with Gasteiger partial charge in [-0.1, -0.05) is 17.7 Å². The van der Waals surface area contributed by atoms with Crippen LogP contribution in [-0.2, 0) is 0 Å². The van der Waals surface area contributed by atoms with Gasteiger partial charge in [-0.2, -0.15) is 0 Å². The number of aromatic amines is 1. The number of nitrogen functional groups attached to an aromatic ring is 2. The molecule has 3 rings (SSSR count). The van der Waals surface area contributed by atoms with Gasteiger partial charge in [0, 0.05) is 5.56 Å². The van der Waals surface area contributed by atoms with Crippen molar-refractivity contribution in [2.45, 2.75) is 0 Å². The number of halogens is 1. The minimum Gasteiger partial charge on any atom is -0.397 e. The summed E-state index contributed by atoms with van der Waals surface area (Å²) in [4.78, 5) is 15.3. The smallest absolute Gasteiger partial charge is 0.183 e. The van der Waals surface area contributed by atoms with Crippen LogP contribution in [0.5, 0.6) is 0 Å². The lowest BCUT2D eigenvalue weighted by molar-refractivity contribution is 1.21. The minimum absolute atomic E-state index is 0.347. The molecule has 3 aromatic rings. The van der Waals surface area contributed by atoms with Gasteiger partial charge in [-0.3, -0.25) is 0 Å². The van der Waals surface area contributed by atoms with Crippen LogP contribution in [0.25, 0.3) is 22.6 Å². The number of nitrogens with two attached hydrogens (primary N) is 2. The Morgan fingerprint density at radius 2 is 2.00 bits per heavy atom. The van der Waals surface area contributed by atoms with Crippen molar-refractivity contribution >= 4 is 34.3 Å². The highest BCUT2D eigenvalue weighted by molar-refractivity contribution is 6.33. The summed E-state index contributed by atoms with van der Waals surface area (Å²) in [6.07, 6.45) is 1.36. The first-order valence-corrected chi connectivity index (χ1v) is 5.55. The van der Waals surface area contributed by atoms with E-state index in [2.05, 4.69) is 19.9 Å². The van der Waals surface area contributed by atoms with Crippen molar-refractivity contribution in [3.63, 3.8) is 0 Å². The van der Waals surface area contributed by atoms with Crippen molar-refractivity contribution in [1.29, 1.82) is 0 Å². The van der Waals surface area contributed by atoms with E-state index in [0.717, 1.165) is 0 Å². The SMILES string of the molecule is Nc1c(Cl)cccc1-c1nc2ncnc(N)c2[nH]1. The highest BCUT2D eigenvalue weighted by Crippen LogP contribution is 2.30. The molecule has 18 heavy (non-hydrogen) atoms. The molecule has 0 aliphatic heterocycles. The molecule has 0 atom stereocenters. The van der Waals surface area contributed by atoms with E-state index in [1.165, 1.54) is 6.33 Å². The van der Waals surface area contributed by atoms with E-state index in [4.69, 9.17) is 23.1 Å². The van der Waals surface area contributed by atoms with E-state index < -0.39 is 0 Å². The molecule has 0 aliphatic carbocycles. The molecule has 0 spiro atoms. The molecule has 0 saturated heterocycles. The third-order valence-electron chi connectivity index (χ3n) is 2.63. The zero-order chi connectivity index (χ0) is 12.7. The summed E-state index contributed by atoms with van der Waals surface area (Å²) < 4.78 is 0. The van der Waals surface area contributed by atoms with Crippen molar-refractivity contribution in [2.24, 2.45) is 0 Å². The minimum atomic E-state index is 0.347. The van der Waals surface area contributed by atoms with Crippen molar-refractivity contribution in [2.75, 3.05) is 11.5 Å². The Balaban J connectivity index is 2.26. The maximum atomic E-state index is 5.97. The number of rotatable bonds is 1. The monoisotopic (exact) mass is 260 g/mol. The van der Waals surface area contributed by atoms with Gasteiger partial charge in [0.05, 0.1) is 10.7 Å². The van der Waals surface area contributed by atoms with Gasteiger partial charge in [0.25, 0.3) is 0 Å². The summed E-state index contributed by atoms with van der Waals surface area (Å²) in [5, 5.41) is 0.479. The van der Waals surface area contributed by atoms with Gasteiger partial charge in [0.2, 0.25) is 0 Å². The molecule has 5 N–H and O–H groups in total. The second-order valence-electron chi connectivity index (χ2n) is 3.74. The third-order valence-corrected chi connectivity index (χ3v) is 2.96. The molecule has 0 fully saturated rings. The first kappa shape index (κ1) is 10.8. The topological polar surface area (TPSA) is 106 Å². The number of nitrogens with one attached hydrogen (secondary N) is 1. The first-order valence-electron chi connectivity index (χ1n) is 5.17. The van der Waals surface area contributed by atoms with Crippen LogP contribution in [-0.4, -0.2) is 19.9 Å². The van der Waals surface area contributed by atoms with Crippen LogP contribution in [0.3, 0.4) is 0 Å². The Kier molecular flexibility index (Phi) is 2.31. The average Bonchev–Trinajstić information content (AvgIpc) is 2.78.